The van der Waals surface area contributed by atoms with E-state index >= 15 is 0 Å². The molecule has 0 aliphatic carbocycles. The average Bonchev–Trinajstić information content (AvgIpc) is 2.48. The van der Waals surface area contributed by atoms with Crippen LogP contribution in [-0.4, -0.2) is 23.4 Å². The molecule has 0 unspecified atom stereocenters. The molecule has 0 saturated heterocycles. The minimum absolute atomic E-state index is 0.0786. The number of phenolic OH excluding ortho intramolecular Hbond substituents is 2. The van der Waals surface area contributed by atoms with Crippen molar-refractivity contribution in [3.8, 4) is 28.4 Å². The fraction of sp³-hybridized carbons (Fsp3) is 0.125. The van der Waals surface area contributed by atoms with E-state index in [4.69, 9.17) is 10.5 Å². The van der Waals surface area contributed by atoms with Crippen molar-refractivity contribution in [1.29, 1.82) is 0 Å². The molecule has 1 aliphatic rings. The van der Waals surface area contributed by atoms with Crippen LogP contribution in [0.2, 0.25) is 0 Å². The molecule has 4 nitrogen and oxygen atoms in total. The highest BCUT2D eigenvalue weighted by Crippen LogP contribution is 2.45. The maximum Gasteiger partial charge on any atom is 0.138 e. The van der Waals surface area contributed by atoms with E-state index in [-0.39, 0.29) is 11.5 Å². The Balaban J connectivity index is 2.23. The van der Waals surface area contributed by atoms with Crippen molar-refractivity contribution in [2.75, 3.05) is 13.2 Å². The zero-order valence-electron chi connectivity index (χ0n) is 10.8. The Bertz CT molecular complexity index is 692. The number of nitrogens with two attached hydrogens (primary N) is 1. The summed E-state index contributed by atoms with van der Waals surface area (Å²) in [5, 5.41) is 20.1. The van der Waals surface area contributed by atoms with Gasteiger partial charge in [-0.3, -0.25) is 0 Å². The molecule has 1 aliphatic heterocycles. The second-order valence-electron chi connectivity index (χ2n) is 4.69. The first-order chi connectivity index (χ1) is 9.70. The van der Waals surface area contributed by atoms with Gasteiger partial charge in [0.05, 0.1) is 5.56 Å². The van der Waals surface area contributed by atoms with Gasteiger partial charge >= 0.3 is 0 Å². The van der Waals surface area contributed by atoms with Crippen molar-refractivity contribution in [3.63, 3.8) is 0 Å². The Morgan fingerprint density at radius 3 is 2.60 bits per heavy atom. The SMILES string of the molecule is NCC1=Cc2ccc(O)c(-c3ccccc3O)c2OC1. The molecule has 3 rings (SSSR count). The zero-order valence-corrected chi connectivity index (χ0v) is 10.8. The van der Waals surface area contributed by atoms with Crippen LogP contribution in [0.4, 0.5) is 0 Å². The van der Waals surface area contributed by atoms with Crippen LogP contribution < -0.4 is 10.5 Å². The third-order valence-corrected chi connectivity index (χ3v) is 3.36. The Kier molecular flexibility index (Phi) is 3.08. The number of fused-ring (bicyclic) bond motifs is 1. The van der Waals surface area contributed by atoms with Crippen LogP contribution in [-0.2, 0) is 0 Å². The summed E-state index contributed by atoms with van der Waals surface area (Å²) in [6, 6.07) is 10.2. The molecular weight excluding hydrogens is 254 g/mol. The lowest BCUT2D eigenvalue weighted by Gasteiger charge is -2.21. The van der Waals surface area contributed by atoms with Gasteiger partial charge in [0, 0.05) is 17.7 Å². The summed E-state index contributed by atoms with van der Waals surface area (Å²) in [4.78, 5) is 0. The second-order valence-corrected chi connectivity index (χ2v) is 4.69. The number of hydrogen-bond donors (Lipinski definition) is 3. The van der Waals surface area contributed by atoms with Crippen molar-refractivity contribution < 1.29 is 14.9 Å². The predicted molar refractivity (Wildman–Crippen MR) is 77.7 cm³/mol. The zero-order chi connectivity index (χ0) is 14.1. The molecule has 4 heteroatoms. The molecule has 1 heterocycles. The number of phenols is 2. The van der Waals surface area contributed by atoms with E-state index in [0.717, 1.165) is 11.1 Å². The summed E-state index contributed by atoms with van der Waals surface area (Å²) in [5.41, 5.74) is 8.53. The minimum atomic E-state index is 0.0786. The van der Waals surface area contributed by atoms with Gasteiger partial charge in [0.1, 0.15) is 23.9 Å². The fourth-order valence-electron chi connectivity index (χ4n) is 2.35. The van der Waals surface area contributed by atoms with Gasteiger partial charge in [0.25, 0.3) is 0 Å². The highest BCUT2D eigenvalue weighted by molar-refractivity contribution is 5.85. The average molecular weight is 269 g/mol. The lowest BCUT2D eigenvalue weighted by atomic mass is 9.97. The van der Waals surface area contributed by atoms with Crippen molar-refractivity contribution in [2.45, 2.75) is 0 Å². The number of ether oxygens (including phenoxy) is 1. The van der Waals surface area contributed by atoms with Gasteiger partial charge in [-0.2, -0.15) is 0 Å². The van der Waals surface area contributed by atoms with E-state index in [1.807, 2.05) is 6.08 Å². The van der Waals surface area contributed by atoms with Gasteiger partial charge in [-0.1, -0.05) is 18.2 Å². The maximum absolute atomic E-state index is 10.1. The molecule has 4 N–H and O–H groups in total. The summed E-state index contributed by atoms with van der Waals surface area (Å²) in [7, 11) is 0. The Hall–Kier alpha value is -2.46. The molecule has 0 bridgehead atoms. The molecular formula is C16H15NO3. The van der Waals surface area contributed by atoms with Crippen LogP contribution in [0.5, 0.6) is 17.2 Å². The summed E-state index contributed by atoms with van der Waals surface area (Å²) >= 11 is 0. The van der Waals surface area contributed by atoms with Crippen LogP contribution in [0.1, 0.15) is 5.56 Å². The Labute approximate surface area is 116 Å². The number of para-hydroxylation sites is 1. The van der Waals surface area contributed by atoms with Gasteiger partial charge in [0.15, 0.2) is 0 Å². The van der Waals surface area contributed by atoms with E-state index in [0.29, 0.717) is 30.0 Å². The van der Waals surface area contributed by atoms with Gasteiger partial charge in [-0.25, -0.2) is 0 Å². The standard InChI is InChI=1S/C16H15NO3/c17-8-10-7-11-5-6-14(19)15(16(11)20-9-10)12-3-1-2-4-13(12)18/h1-7,18-19H,8-9,17H2. The molecule has 0 amide bonds. The van der Waals surface area contributed by atoms with Crippen LogP contribution in [0, 0.1) is 0 Å². The normalized spacial score (nSPS) is 13.3. The van der Waals surface area contributed by atoms with Crippen LogP contribution >= 0.6 is 0 Å². The van der Waals surface area contributed by atoms with Crippen LogP contribution in [0.15, 0.2) is 42.0 Å². The van der Waals surface area contributed by atoms with E-state index < -0.39 is 0 Å². The highest BCUT2D eigenvalue weighted by Gasteiger charge is 2.20. The molecule has 0 aromatic heterocycles. The topological polar surface area (TPSA) is 75.7 Å². The predicted octanol–water partition coefficient (Wildman–Crippen LogP) is 2.50. The van der Waals surface area contributed by atoms with E-state index in [2.05, 4.69) is 0 Å². The Morgan fingerprint density at radius 1 is 1.05 bits per heavy atom. The van der Waals surface area contributed by atoms with Crippen LogP contribution in [0.3, 0.4) is 0 Å². The van der Waals surface area contributed by atoms with E-state index in [9.17, 15) is 10.2 Å². The molecule has 102 valence electrons. The number of rotatable bonds is 2. The lowest BCUT2D eigenvalue weighted by Crippen LogP contribution is -2.15. The molecule has 0 fully saturated rings. The molecule has 0 atom stereocenters. The summed E-state index contributed by atoms with van der Waals surface area (Å²) < 4.78 is 5.73. The molecule has 0 spiro atoms. The number of aromatic hydroxyl groups is 2. The smallest absolute Gasteiger partial charge is 0.138 e. The third-order valence-electron chi connectivity index (χ3n) is 3.36. The maximum atomic E-state index is 10.1. The quantitative estimate of drug-likeness (QED) is 0.783. The second kappa shape index (κ2) is 4.90. The molecule has 2 aromatic carbocycles. The van der Waals surface area contributed by atoms with Gasteiger partial charge in [-0.15, -0.1) is 0 Å². The molecule has 2 aromatic rings. The third kappa shape index (κ3) is 2.00. The van der Waals surface area contributed by atoms with Crippen LogP contribution in [0.25, 0.3) is 17.2 Å². The minimum Gasteiger partial charge on any atom is -0.507 e. The largest absolute Gasteiger partial charge is 0.507 e. The van der Waals surface area contributed by atoms with Gasteiger partial charge < -0.3 is 20.7 Å². The van der Waals surface area contributed by atoms with Crippen molar-refractivity contribution >= 4 is 6.08 Å². The van der Waals surface area contributed by atoms with Gasteiger partial charge in [-0.05, 0) is 29.8 Å². The highest BCUT2D eigenvalue weighted by atomic mass is 16.5. The summed E-state index contributed by atoms with van der Waals surface area (Å²) in [5.74, 6) is 0.756. The first-order valence-electron chi connectivity index (χ1n) is 6.37. The molecule has 0 radical (unpaired) electrons. The first kappa shape index (κ1) is 12.6. The number of benzene rings is 2. The fourth-order valence-corrected chi connectivity index (χ4v) is 2.35. The molecule has 0 saturated carbocycles. The van der Waals surface area contributed by atoms with Gasteiger partial charge in [0.2, 0.25) is 0 Å². The monoisotopic (exact) mass is 269 g/mol. The lowest BCUT2D eigenvalue weighted by molar-refractivity contribution is 0.344. The van der Waals surface area contributed by atoms with E-state index in [1.54, 1.807) is 36.4 Å². The summed E-state index contributed by atoms with van der Waals surface area (Å²) in [6.07, 6.45) is 1.96. The van der Waals surface area contributed by atoms with Crippen molar-refractivity contribution in [3.05, 3.63) is 47.5 Å². The summed E-state index contributed by atoms with van der Waals surface area (Å²) in [6.45, 7) is 0.833. The number of hydrogen-bond acceptors (Lipinski definition) is 4. The molecule has 20 heavy (non-hydrogen) atoms. The van der Waals surface area contributed by atoms with Crippen molar-refractivity contribution in [2.24, 2.45) is 5.73 Å². The van der Waals surface area contributed by atoms with E-state index in [1.165, 1.54) is 0 Å². The first-order valence-corrected chi connectivity index (χ1v) is 6.37. The Morgan fingerprint density at radius 2 is 1.85 bits per heavy atom. The van der Waals surface area contributed by atoms with Crippen molar-refractivity contribution in [1.82, 2.24) is 0 Å².